The summed E-state index contributed by atoms with van der Waals surface area (Å²) in [5, 5.41) is 19.5. The quantitative estimate of drug-likeness (QED) is 0.661. The molecule has 2 aliphatic rings. The molecule has 1 atom stereocenters. The van der Waals surface area contributed by atoms with Crippen molar-refractivity contribution in [3.63, 3.8) is 0 Å². The van der Waals surface area contributed by atoms with E-state index in [4.69, 9.17) is 4.74 Å². The van der Waals surface area contributed by atoms with Crippen molar-refractivity contribution in [1.82, 2.24) is 0 Å². The molecule has 0 bridgehead atoms. The van der Waals surface area contributed by atoms with Crippen molar-refractivity contribution < 1.29 is 9.84 Å². The standard InChI is InChI=1S/C10H15NO2/c11-7-9(3-1-2-4-9)10(12)5-6-13-8-10/h12H,1-6,8H2. The second kappa shape index (κ2) is 2.97. The highest BCUT2D eigenvalue weighted by atomic mass is 16.5. The fourth-order valence-corrected chi connectivity index (χ4v) is 2.59. The lowest BCUT2D eigenvalue weighted by Crippen LogP contribution is -2.46. The van der Waals surface area contributed by atoms with E-state index >= 15 is 0 Å². The van der Waals surface area contributed by atoms with Crippen LogP contribution in [0.5, 0.6) is 0 Å². The van der Waals surface area contributed by atoms with Crippen LogP contribution in [0.2, 0.25) is 0 Å². The molecular weight excluding hydrogens is 166 g/mol. The molecule has 0 aromatic heterocycles. The first kappa shape index (κ1) is 8.98. The molecule has 0 radical (unpaired) electrons. The maximum Gasteiger partial charge on any atom is 0.109 e. The van der Waals surface area contributed by atoms with Crippen molar-refractivity contribution >= 4 is 0 Å². The third-order valence-electron chi connectivity index (χ3n) is 3.56. The van der Waals surface area contributed by atoms with Gasteiger partial charge in [-0.3, -0.25) is 0 Å². The Balaban J connectivity index is 2.25. The Morgan fingerprint density at radius 3 is 2.38 bits per heavy atom. The van der Waals surface area contributed by atoms with Gasteiger partial charge in [-0.15, -0.1) is 0 Å². The predicted octanol–water partition coefficient (Wildman–Crippen LogP) is 1.22. The topological polar surface area (TPSA) is 53.2 Å². The zero-order chi connectivity index (χ0) is 9.36. The maximum atomic E-state index is 10.3. The molecular formula is C10H15NO2. The summed E-state index contributed by atoms with van der Waals surface area (Å²) in [4.78, 5) is 0. The Morgan fingerprint density at radius 2 is 1.92 bits per heavy atom. The number of aliphatic hydroxyl groups is 1. The second-order valence-electron chi connectivity index (χ2n) is 4.24. The van der Waals surface area contributed by atoms with E-state index in [1.807, 2.05) is 0 Å². The van der Waals surface area contributed by atoms with Crippen LogP contribution in [0.1, 0.15) is 32.1 Å². The van der Waals surface area contributed by atoms with Crippen LogP contribution in [0, 0.1) is 16.7 Å². The fraction of sp³-hybridized carbons (Fsp3) is 0.900. The third kappa shape index (κ3) is 1.17. The molecule has 2 rings (SSSR count). The first-order chi connectivity index (χ1) is 6.22. The average molecular weight is 181 g/mol. The Labute approximate surface area is 78.3 Å². The van der Waals surface area contributed by atoms with Gasteiger partial charge < -0.3 is 9.84 Å². The van der Waals surface area contributed by atoms with Gasteiger partial charge in [0.2, 0.25) is 0 Å². The van der Waals surface area contributed by atoms with E-state index in [9.17, 15) is 10.4 Å². The molecule has 0 spiro atoms. The first-order valence-corrected chi connectivity index (χ1v) is 4.94. The number of nitriles is 1. The van der Waals surface area contributed by atoms with Gasteiger partial charge in [0.15, 0.2) is 0 Å². The Morgan fingerprint density at radius 1 is 1.23 bits per heavy atom. The monoisotopic (exact) mass is 181 g/mol. The van der Waals surface area contributed by atoms with Crippen molar-refractivity contribution in [2.75, 3.05) is 13.2 Å². The highest BCUT2D eigenvalue weighted by molar-refractivity contribution is 5.14. The average Bonchev–Trinajstić information content (AvgIpc) is 2.73. The molecule has 3 heteroatoms. The fourth-order valence-electron chi connectivity index (χ4n) is 2.59. The smallest absolute Gasteiger partial charge is 0.109 e. The lowest BCUT2D eigenvalue weighted by molar-refractivity contribution is -0.0562. The lowest BCUT2D eigenvalue weighted by Gasteiger charge is -2.35. The summed E-state index contributed by atoms with van der Waals surface area (Å²) in [7, 11) is 0. The van der Waals surface area contributed by atoms with E-state index in [1.54, 1.807) is 0 Å². The summed E-state index contributed by atoms with van der Waals surface area (Å²) >= 11 is 0. The largest absolute Gasteiger partial charge is 0.386 e. The predicted molar refractivity (Wildman–Crippen MR) is 46.9 cm³/mol. The number of rotatable bonds is 1. The summed E-state index contributed by atoms with van der Waals surface area (Å²) < 4.78 is 5.20. The zero-order valence-corrected chi connectivity index (χ0v) is 7.75. The van der Waals surface area contributed by atoms with E-state index in [1.165, 1.54) is 0 Å². The van der Waals surface area contributed by atoms with E-state index in [2.05, 4.69) is 6.07 Å². The molecule has 1 heterocycles. The van der Waals surface area contributed by atoms with Crippen LogP contribution in [0.4, 0.5) is 0 Å². The van der Waals surface area contributed by atoms with E-state index in [-0.39, 0.29) is 0 Å². The van der Waals surface area contributed by atoms with E-state index < -0.39 is 11.0 Å². The van der Waals surface area contributed by atoms with Crippen LogP contribution in [-0.4, -0.2) is 23.9 Å². The molecule has 1 N–H and O–H groups in total. The number of hydrogen-bond acceptors (Lipinski definition) is 3. The van der Waals surface area contributed by atoms with Crippen molar-refractivity contribution in [3.05, 3.63) is 0 Å². The van der Waals surface area contributed by atoms with Crippen LogP contribution in [-0.2, 0) is 4.74 Å². The highest BCUT2D eigenvalue weighted by Crippen LogP contribution is 2.49. The summed E-state index contributed by atoms with van der Waals surface area (Å²) in [6, 6.07) is 2.33. The molecule has 0 amide bonds. The van der Waals surface area contributed by atoms with Gasteiger partial charge in [0.05, 0.1) is 18.1 Å². The van der Waals surface area contributed by atoms with E-state index in [0.29, 0.717) is 19.6 Å². The molecule has 0 aromatic carbocycles. The first-order valence-electron chi connectivity index (χ1n) is 4.94. The number of hydrogen-bond donors (Lipinski definition) is 1. The normalized spacial score (nSPS) is 37.5. The molecule has 2 fully saturated rings. The Hall–Kier alpha value is -0.590. The van der Waals surface area contributed by atoms with Gasteiger partial charge in [-0.25, -0.2) is 0 Å². The molecule has 1 unspecified atom stereocenters. The van der Waals surface area contributed by atoms with Gasteiger partial charge in [0, 0.05) is 13.0 Å². The van der Waals surface area contributed by atoms with Gasteiger partial charge in [-0.2, -0.15) is 5.26 Å². The zero-order valence-electron chi connectivity index (χ0n) is 7.75. The Bertz CT molecular complexity index is 232. The minimum Gasteiger partial charge on any atom is -0.386 e. The van der Waals surface area contributed by atoms with Gasteiger partial charge in [0.25, 0.3) is 0 Å². The maximum absolute atomic E-state index is 10.3. The van der Waals surface area contributed by atoms with Crippen molar-refractivity contribution in [1.29, 1.82) is 5.26 Å². The van der Waals surface area contributed by atoms with E-state index in [0.717, 1.165) is 25.7 Å². The molecule has 72 valence electrons. The molecule has 1 saturated heterocycles. The highest BCUT2D eigenvalue weighted by Gasteiger charge is 2.54. The molecule has 3 nitrogen and oxygen atoms in total. The van der Waals surface area contributed by atoms with Crippen molar-refractivity contribution in [2.24, 2.45) is 5.41 Å². The lowest BCUT2D eigenvalue weighted by atomic mass is 9.71. The Kier molecular flexibility index (Phi) is 2.05. The van der Waals surface area contributed by atoms with Crippen LogP contribution < -0.4 is 0 Å². The van der Waals surface area contributed by atoms with Gasteiger partial charge >= 0.3 is 0 Å². The molecule has 0 aromatic rings. The number of ether oxygens (including phenoxy) is 1. The molecule has 1 aliphatic heterocycles. The minimum absolute atomic E-state index is 0.348. The van der Waals surface area contributed by atoms with Gasteiger partial charge in [-0.1, -0.05) is 12.8 Å². The third-order valence-corrected chi connectivity index (χ3v) is 3.56. The number of nitrogens with zero attached hydrogens (tertiary/aromatic N) is 1. The minimum atomic E-state index is -0.863. The summed E-state index contributed by atoms with van der Waals surface area (Å²) in [6.45, 7) is 0.945. The van der Waals surface area contributed by atoms with Crippen LogP contribution in [0.25, 0.3) is 0 Å². The van der Waals surface area contributed by atoms with Crippen molar-refractivity contribution in [2.45, 2.75) is 37.7 Å². The van der Waals surface area contributed by atoms with Crippen LogP contribution in [0.3, 0.4) is 0 Å². The molecule has 1 aliphatic carbocycles. The SMILES string of the molecule is N#CC1(C2(O)CCOC2)CCCC1. The van der Waals surface area contributed by atoms with Crippen LogP contribution in [0.15, 0.2) is 0 Å². The molecule has 13 heavy (non-hydrogen) atoms. The molecule has 1 saturated carbocycles. The summed E-state index contributed by atoms with van der Waals surface area (Å²) in [5.74, 6) is 0. The van der Waals surface area contributed by atoms with Crippen LogP contribution >= 0.6 is 0 Å². The summed E-state index contributed by atoms with van der Waals surface area (Å²) in [6.07, 6.45) is 4.43. The van der Waals surface area contributed by atoms with Gasteiger partial charge in [-0.05, 0) is 12.8 Å². The summed E-state index contributed by atoms with van der Waals surface area (Å²) in [5.41, 5.74) is -1.37. The van der Waals surface area contributed by atoms with Crippen molar-refractivity contribution in [3.8, 4) is 6.07 Å². The van der Waals surface area contributed by atoms with Gasteiger partial charge in [0.1, 0.15) is 5.60 Å². The second-order valence-corrected chi connectivity index (χ2v) is 4.24.